The van der Waals surface area contributed by atoms with E-state index in [4.69, 9.17) is 4.99 Å². The van der Waals surface area contributed by atoms with E-state index in [1.54, 1.807) is 0 Å². The molecule has 1 unspecified atom stereocenters. The molecule has 114 valence electrons. The molecule has 4 aliphatic carbocycles. The third kappa shape index (κ3) is 2.08. The second kappa shape index (κ2) is 4.44. The van der Waals surface area contributed by atoms with E-state index in [1.807, 2.05) is 6.08 Å². The largest absolute Gasteiger partial charge is 0.512 e. The van der Waals surface area contributed by atoms with Gasteiger partial charge in [0.05, 0.1) is 18.2 Å². The Hall–Kier alpha value is -1.12. The number of dihydropyridines is 1. The molecule has 1 N–H and O–H groups in total. The quantitative estimate of drug-likeness (QED) is 0.756. The van der Waals surface area contributed by atoms with Gasteiger partial charge in [-0.1, -0.05) is 12.5 Å². The standard InChI is InChI=1S/C18H24FNO/c1-12-8-13-10-16(20-11-14(13)15(21)9-12)17-2-5-18(19,6-3-17)7-4-17/h9-10,12,14,21H,2-8,11H2,1H3/t12-,14?,17?,18?/m1/s1. The van der Waals surface area contributed by atoms with Gasteiger partial charge in [-0.25, -0.2) is 4.39 Å². The minimum Gasteiger partial charge on any atom is -0.512 e. The van der Waals surface area contributed by atoms with Crippen LogP contribution < -0.4 is 0 Å². The van der Waals surface area contributed by atoms with E-state index in [9.17, 15) is 9.50 Å². The summed E-state index contributed by atoms with van der Waals surface area (Å²) in [6.45, 7) is 2.83. The maximum Gasteiger partial charge on any atom is 0.111 e. The van der Waals surface area contributed by atoms with Crippen molar-refractivity contribution in [1.29, 1.82) is 0 Å². The Bertz CT molecular complexity index is 535. The Morgan fingerprint density at radius 3 is 2.52 bits per heavy atom. The topological polar surface area (TPSA) is 32.6 Å². The lowest BCUT2D eigenvalue weighted by Crippen LogP contribution is -2.47. The minimum atomic E-state index is -0.882. The van der Waals surface area contributed by atoms with E-state index < -0.39 is 5.67 Å². The van der Waals surface area contributed by atoms with E-state index >= 15 is 0 Å². The first-order valence-corrected chi connectivity index (χ1v) is 8.35. The number of alkyl halides is 1. The summed E-state index contributed by atoms with van der Waals surface area (Å²) < 4.78 is 14.4. The number of rotatable bonds is 1. The molecule has 0 radical (unpaired) electrons. The van der Waals surface area contributed by atoms with Crippen LogP contribution in [0.1, 0.15) is 51.9 Å². The lowest BCUT2D eigenvalue weighted by molar-refractivity contribution is -0.00161. The van der Waals surface area contributed by atoms with Crippen molar-refractivity contribution in [2.45, 2.75) is 57.5 Å². The molecule has 3 fully saturated rings. The highest BCUT2D eigenvalue weighted by molar-refractivity contribution is 6.01. The van der Waals surface area contributed by atoms with Crippen LogP contribution in [0.5, 0.6) is 0 Å². The van der Waals surface area contributed by atoms with Gasteiger partial charge in [-0.3, -0.25) is 4.99 Å². The number of aliphatic imine (C=N–C) groups is 1. The molecule has 0 saturated heterocycles. The molecule has 3 heteroatoms. The zero-order valence-corrected chi connectivity index (χ0v) is 12.7. The maximum absolute atomic E-state index is 14.4. The number of hydrogen-bond acceptors (Lipinski definition) is 2. The molecular weight excluding hydrogens is 265 g/mol. The average Bonchev–Trinajstić information content (AvgIpc) is 2.47. The van der Waals surface area contributed by atoms with E-state index in [2.05, 4.69) is 13.0 Å². The van der Waals surface area contributed by atoms with Crippen LogP contribution in [0, 0.1) is 17.3 Å². The molecule has 0 aromatic heterocycles. The number of aliphatic hydroxyl groups is 1. The fraction of sp³-hybridized carbons (Fsp3) is 0.722. The third-order valence-electron chi connectivity index (χ3n) is 6.28. The van der Waals surface area contributed by atoms with Crippen LogP contribution >= 0.6 is 0 Å². The minimum absolute atomic E-state index is 0.105. The summed E-state index contributed by atoms with van der Waals surface area (Å²) in [5.41, 5.74) is 1.79. The van der Waals surface area contributed by atoms with E-state index in [0.29, 0.717) is 37.5 Å². The van der Waals surface area contributed by atoms with Crippen LogP contribution in [-0.4, -0.2) is 23.0 Å². The molecule has 0 aromatic rings. The predicted molar refractivity (Wildman–Crippen MR) is 82.3 cm³/mol. The van der Waals surface area contributed by atoms with Crippen molar-refractivity contribution in [3.05, 3.63) is 23.5 Å². The number of allylic oxidation sites excluding steroid dienone is 2. The van der Waals surface area contributed by atoms with Gasteiger partial charge in [0.2, 0.25) is 0 Å². The van der Waals surface area contributed by atoms with Crippen molar-refractivity contribution in [1.82, 2.24) is 0 Å². The van der Waals surface area contributed by atoms with Gasteiger partial charge >= 0.3 is 0 Å². The molecule has 5 rings (SSSR count). The van der Waals surface area contributed by atoms with Crippen molar-refractivity contribution in [3.63, 3.8) is 0 Å². The summed E-state index contributed by atoms with van der Waals surface area (Å²) in [4.78, 5) is 4.82. The number of fused-ring (bicyclic) bond motifs is 4. The number of nitrogens with zero attached hydrogens (tertiary/aromatic N) is 1. The lowest BCUT2D eigenvalue weighted by Gasteiger charge is -2.50. The second-order valence-corrected chi connectivity index (χ2v) is 7.70. The van der Waals surface area contributed by atoms with Gasteiger partial charge in [0.15, 0.2) is 0 Å². The molecule has 21 heavy (non-hydrogen) atoms. The van der Waals surface area contributed by atoms with Crippen LogP contribution in [0.15, 0.2) is 28.5 Å². The van der Waals surface area contributed by atoms with Crippen molar-refractivity contribution in [2.24, 2.45) is 22.2 Å². The molecule has 0 amide bonds. The molecular formula is C18H24FNO. The molecule has 3 saturated carbocycles. The van der Waals surface area contributed by atoms with Crippen LogP contribution in [0.4, 0.5) is 4.39 Å². The Labute approximate surface area is 125 Å². The third-order valence-corrected chi connectivity index (χ3v) is 6.28. The smallest absolute Gasteiger partial charge is 0.111 e. The van der Waals surface area contributed by atoms with Gasteiger partial charge in [-0.15, -0.1) is 0 Å². The second-order valence-electron chi connectivity index (χ2n) is 7.70. The molecule has 5 aliphatic rings. The van der Waals surface area contributed by atoms with Crippen LogP contribution in [0.25, 0.3) is 0 Å². The summed E-state index contributed by atoms with van der Waals surface area (Å²) in [7, 11) is 0. The Balaban J connectivity index is 1.62. The first kappa shape index (κ1) is 13.5. The van der Waals surface area contributed by atoms with Crippen molar-refractivity contribution >= 4 is 5.71 Å². The van der Waals surface area contributed by atoms with E-state index in [-0.39, 0.29) is 11.3 Å². The van der Waals surface area contributed by atoms with E-state index in [1.165, 1.54) is 11.3 Å². The SMILES string of the molecule is C[C@H]1C=C(O)C2CN=C(C34CCC(F)(CC3)CC4)C=C2C1. The van der Waals surface area contributed by atoms with E-state index in [0.717, 1.165) is 25.7 Å². The number of halogens is 1. The van der Waals surface area contributed by atoms with Gasteiger partial charge in [-0.05, 0) is 63.0 Å². The highest BCUT2D eigenvalue weighted by atomic mass is 19.1. The van der Waals surface area contributed by atoms with Crippen LogP contribution in [-0.2, 0) is 0 Å². The zero-order valence-electron chi connectivity index (χ0n) is 12.7. The summed E-state index contributed by atoms with van der Waals surface area (Å²) in [5, 5.41) is 10.1. The van der Waals surface area contributed by atoms with Crippen molar-refractivity contribution < 1.29 is 9.50 Å². The summed E-state index contributed by atoms with van der Waals surface area (Å²) in [5.74, 6) is 1.00. The number of aliphatic hydroxyl groups excluding tert-OH is 1. The number of hydrogen-bond donors (Lipinski definition) is 1. The fourth-order valence-electron chi connectivity index (χ4n) is 4.80. The zero-order chi connectivity index (χ0) is 14.7. The summed E-state index contributed by atoms with van der Waals surface area (Å²) >= 11 is 0. The van der Waals surface area contributed by atoms with Crippen LogP contribution in [0.2, 0.25) is 0 Å². The average molecular weight is 289 g/mol. The molecule has 1 heterocycles. The summed E-state index contributed by atoms with van der Waals surface area (Å²) in [6, 6.07) is 0. The van der Waals surface area contributed by atoms with Crippen molar-refractivity contribution in [2.75, 3.05) is 6.54 Å². The normalized spacial score (nSPS) is 45.5. The Morgan fingerprint density at radius 2 is 1.86 bits per heavy atom. The molecule has 0 spiro atoms. The Morgan fingerprint density at radius 1 is 1.19 bits per heavy atom. The molecule has 1 aliphatic heterocycles. The first-order chi connectivity index (χ1) is 10.00. The maximum atomic E-state index is 14.4. The monoisotopic (exact) mass is 289 g/mol. The van der Waals surface area contributed by atoms with Gasteiger partial charge in [0, 0.05) is 11.1 Å². The highest BCUT2D eigenvalue weighted by Crippen LogP contribution is 2.55. The van der Waals surface area contributed by atoms with Gasteiger partial charge in [-0.2, -0.15) is 0 Å². The Kier molecular flexibility index (Phi) is 2.86. The van der Waals surface area contributed by atoms with Crippen molar-refractivity contribution in [3.8, 4) is 0 Å². The lowest BCUT2D eigenvalue weighted by atomic mass is 9.57. The summed E-state index contributed by atoms with van der Waals surface area (Å²) in [6.07, 6.45) is 10.2. The fourth-order valence-corrected chi connectivity index (χ4v) is 4.80. The predicted octanol–water partition coefficient (Wildman–Crippen LogP) is 4.53. The molecule has 2 bridgehead atoms. The highest BCUT2D eigenvalue weighted by Gasteiger charge is 2.51. The first-order valence-electron chi connectivity index (χ1n) is 8.35. The molecule has 0 aromatic carbocycles. The molecule has 2 nitrogen and oxygen atoms in total. The van der Waals surface area contributed by atoms with Gasteiger partial charge in [0.25, 0.3) is 0 Å². The van der Waals surface area contributed by atoms with Gasteiger partial charge in [0.1, 0.15) is 5.67 Å². The van der Waals surface area contributed by atoms with Crippen LogP contribution in [0.3, 0.4) is 0 Å². The van der Waals surface area contributed by atoms with Gasteiger partial charge < -0.3 is 5.11 Å². The molecule has 2 atom stereocenters.